The van der Waals surface area contributed by atoms with E-state index in [0.29, 0.717) is 30.7 Å². The zero-order valence-electron chi connectivity index (χ0n) is 19.1. The van der Waals surface area contributed by atoms with Gasteiger partial charge in [0.2, 0.25) is 0 Å². The molecule has 0 bridgehead atoms. The summed E-state index contributed by atoms with van der Waals surface area (Å²) in [5.41, 5.74) is 6.82. The first-order valence-corrected chi connectivity index (χ1v) is 10.9. The lowest BCUT2D eigenvalue weighted by Gasteiger charge is -2.17. The molecule has 1 heterocycles. The van der Waals surface area contributed by atoms with E-state index in [1.807, 2.05) is 26.0 Å². The van der Waals surface area contributed by atoms with Crippen molar-refractivity contribution in [2.75, 3.05) is 18.9 Å². The van der Waals surface area contributed by atoms with Crippen LogP contribution in [0.15, 0.2) is 71.7 Å². The van der Waals surface area contributed by atoms with Crippen LogP contribution in [0.4, 0.5) is 14.6 Å². The second kappa shape index (κ2) is 10.9. The number of aromatic nitrogens is 1. The number of nitrogen functional groups attached to an aromatic ring is 1. The molecule has 0 aliphatic heterocycles. The number of anilines is 1. The minimum atomic E-state index is -1.00. The van der Waals surface area contributed by atoms with Gasteiger partial charge in [-0.05, 0) is 62.7 Å². The van der Waals surface area contributed by atoms with Gasteiger partial charge < -0.3 is 15.8 Å². The van der Waals surface area contributed by atoms with Crippen LogP contribution in [0.3, 0.4) is 0 Å². The standard InChI is InChI=1S/C26H27F2N3O3/c1-4-34-17(3)16(2)30-14-13-18-5-8-20(9-6-18)31-24(32)12-11-22(26(31)29)25(33)21-10-7-19(27)15-23(21)28/h5-12,15-16,30H,3-4,13-14,29H2,1-2H3/t16-/m0/s1. The van der Waals surface area contributed by atoms with E-state index in [1.54, 1.807) is 12.1 Å². The summed E-state index contributed by atoms with van der Waals surface area (Å²) in [7, 11) is 0. The second-order valence-corrected chi connectivity index (χ2v) is 7.75. The Balaban J connectivity index is 1.79. The van der Waals surface area contributed by atoms with Crippen molar-refractivity contribution < 1.29 is 18.3 Å². The second-order valence-electron chi connectivity index (χ2n) is 7.75. The topological polar surface area (TPSA) is 86.3 Å². The maximum atomic E-state index is 14.1. The zero-order valence-corrected chi connectivity index (χ0v) is 19.1. The Morgan fingerprint density at radius 2 is 1.79 bits per heavy atom. The third-order valence-corrected chi connectivity index (χ3v) is 5.42. The number of carbonyl (C=O) groups excluding carboxylic acids is 1. The molecule has 1 aromatic heterocycles. The van der Waals surface area contributed by atoms with Crippen molar-refractivity contribution in [1.29, 1.82) is 0 Å². The largest absolute Gasteiger partial charge is 0.497 e. The molecule has 3 rings (SSSR count). The molecule has 3 N–H and O–H groups in total. The normalized spacial score (nSPS) is 11.8. The van der Waals surface area contributed by atoms with E-state index in [9.17, 15) is 18.4 Å². The average Bonchev–Trinajstić information content (AvgIpc) is 2.80. The van der Waals surface area contributed by atoms with Crippen LogP contribution < -0.4 is 16.6 Å². The number of hydrogen-bond donors (Lipinski definition) is 2. The van der Waals surface area contributed by atoms with Gasteiger partial charge in [-0.25, -0.2) is 8.78 Å². The van der Waals surface area contributed by atoms with E-state index < -0.39 is 23.0 Å². The molecule has 0 saturated heterocycles. The number of rotatable bonds is 10. The summed E-state index contributed by atoms with van der Waals surface area (Å²) in [6.07, 6.45) is 0.733. The van der Waals surface area contributed by atoms with E-state index in [4.69, 9.17) is 10.5 Å². The molecule has 3 aromatic rings. The first-order valence-electron chi connectivity index (χ1n) is 10.9. The summed E-state index contributed by atoms with van der Waals surface area (Å²) in [6, 6.07) is 12.3. The maximum Gasteiger partial charge on any atom is 0.256 e. The lowest BCUT2D eigenvalue weighted by atomic mass is 10.0. The molecule has 0 unspecified atom stereocenters. The summed E-state index contributed by atoms with van der Waals surface area (Å²) < 4.78 is 33.9. The predicted molar refractivity (Wildman–Crippen MR) is 128 cm³/mol. The van der Waals surface area contributed by atoms with Gasteiger partial charge in [0.05, 0.1) is 29.5 Å². The number of carbonyl (C=O) groups is 1. The molecule has 0 aliphatic carbocycles. The van der Waals surface area contributed by atoms with Gasteiger partial charge in [-0.15, -0.1) is 0 Å². The Kier molecular flexibility index (Phi) is 7.96. The number of ether oxygens (including phenoxy) is 1. The molecular formula is C26H27F2N3O3. The first-order chi connectivity index (χ1) is 16.2. The predicted octanol–water partition coefficient (Wildman–Crippen LogP) is 4.00. The lowest BCUT2D eigenvalue weighted by molar-refractivity contribution is 0.103. The van der Waals surface area contributed by atoms with Gasteiger partial charge >= 0.3 is 0 Å². The van der Waals surface area contributed by atoms with Gasteiger partial charge in [0, 0.05) is 12.1 Å². The van der Waals surface area contributed by atoms with Gasteiger partial charge in [-0.2, -0.15) is 0 Å². The van der Waals surface area contributed by atoms with Gasteiger partial charge in [-0.1, -0.05) is 18.7 Å². The molecule has 0 saturated carbocycles. The molecule has 0 spiro atoms. The monoisotopic (exact) mass is 467 g/mol. The molecule has 0 aliphatic rings. The van der Waals surface area contributed by atoms with E-state index in [2.05, 4.69) is 11.9 Å². The van der Waals surface area contributed by atoms with Crippen LogP contribution in [0.25, 0.3) is 5.69 Å². The molecule has 34 heavy (non-hydrogen) atoms. The van der Waals surface area contributed by atoms with Crippen molar-refractivity contribution in [3.63, 3.8) is 0 Å². The summed E-state index contributed by atoms with van der Waals surface area (Å²) in [6.45, 7) is 9.04. The number of pyridine rings is 1. The molecule has 0 amide bonds. The Bertz CT molecular complexity index is 1250. The van der Waals surface area contributed by atoms with Crippen LogP contribution in [0, 0.1) is 11.6 Å². The maximum absolute atomic E-state index is 14.1. The quantitative estimate of drug-likeness (QED) is 0.348. The minimum Gasteiger partial charge on any atom is -0.497 e. The molecule has 2 aromatic carbocycles. The van der Waals surface area contributed by atoms with E-state index >= 15 is 0 Å². The fraction of sp³-hybridized carbons (Fsp3) is 0.231. The van der Waals surface area contributed by atoms with Crippen molar-refractivity contribution in [3.8, 4) is 5.69 Å². The first kappa shape index (κ1) is 24.9. The van der Waals surface area contributed by atoms with E-state index in [0.717, 1.165) is 24.1 Å². The van der Waals surface area contributed by atoms with Gasteiger partial charge in [0.1, 0.15) is 23.2 Å². The highest BCUT2D eigenvalue weighted by molar-refractivity contribution is 6.11. The van der Waals surface area contributed by atoms with Crippen LogP contribution in [-0.4, -0.2) is 29.5 Å². The third-order valence-electron chi connectivity index (χ3n) is 5.42. The van der Waals surface area contributed by atoms with Crippen molar-refractivity contribution in [2.24, 2.45) is 0 Å². The van der Waals surface area contributed by atoms with Crippen molar-refractivity contribution in [2.45, 2.75) is 26.3 Å². The van der Waals surface area contributed by atoms with E-state index in [-0.39, 0.29) is 23.0 Å². The fourth-order valence-electron chi connectivity index (χ4n) is 3.50. The number of nitrogens with zero attached hydrogens (tertiary/aromatic N) is 1. The van der Waals surface area contributed by atoms with Crippen molar-refractivity contribution in [3.05, 3.63) is 106 Å². The summed E-state index contributed by atoms with van der Waals surface area (Å²) in [5.74, 6) is -1.98. The molecule has 0 fully saturated rings. The van der Waals surface area contributed by atoms with E-state index in [1.165, 1.54) is 16.7 Å². The molecule has 1 atom stereocenters. The Morgan fingerprint density at radius 3 is 2.44 bits per heavy atom. The number of nitrogens with one attached hydrogen (secondary N) is 1. The Labute approximate surface area is 196 Å². The molecule has 0 radical (unpaired) electrons. The number of nitrogens with two attached hydrogens (primary N) is 1. The molecule has 178 valence electrons. The number of benzene rings is 2. The van der Waals surface area contributed by atoms with Crippen LogP contribution in [0.2, 0.25) is 0 Å². The summed E-state index contributed by atoms with van der Waals surface area (Å²) in [5, 5.41) is 3.33. The summed E-state index contributed by atoms with van der Waals surface area (Å²) >= 11 is 0. The molecular weight excluding hydrogens is 440 g/mol. The van der Waals surface area contributed by atoms with Crippen LogP contribution in [0.1, 0.15) is 35.3 Å². The van der Waals surface area contributed by atoms with Gasteiger partial charge in [-0.3, -0.25) is 14.2 Å². The highest BCUT2D eigenvalue weighted by Gasteiger charge is 2.20. The van der Waals surface area contributed by atoms with Gasteiger partial charge in [0.15, 0.2) is 5.78 Å². The highest BCUT2D eigenvalue weighted by Crippen LogP contribution is 2.21. The highest BCUT2D eigenvalue weighted by atomic mass is 19.1. The third kappa shape index (κ3) is 5.58. The smallest absolute Gasteiger partial charge is 0.256 e. The zero-order chi connectivity index (χ0) is 24.8. The number of hydrogen-bond acceptors (Lipinski definition) is 5. The molecule has 6 nitrogen and oxygen atoms in total. The SMILES string of the molecule is C=C(OCC)[C@H](C)NCCc1ccc(-n2c(N)c(C(=O)c3ccc(F)cc3F)ccc2=O)cc1. The lowest BCUT2D eigenvalue weighted by Crippen LogP contribution is -2.30. The fourth-order valence-corrected chi connectivity index (χ4v) is 3.50. The van der Waals surface area contributed by atoms with Crippen molar-refractivity contribution >= 4 is 11.6 Å². The van der Waals surface area contributed by atoms with Crippen LogP contribution in [-0.2, 0) is 11.2 Å². The minimum absolute atomic E-state index is 0.0174. The molecule has 8 heteroatoms. The summed E-state index contributed by atoms with van der Waals surface area (Å²) in [4.78, 5) is 25.4. The number of ketones is 1. The average molecular weight is 468 g/mol. The van der Waals surface area contributed by atoms with Crippen molar-refractivity contribution in [1.82, 2.24) is 9.88 Å². The van der Waals surface area contributed by atoms with Crippen LogP contribution in [0.5, 0.6) is 0 Å². The Morgan fingerprint density at radius 1 is 1.12 bits per heavy atom. The van der Waals surface area contributed by atoms with Gasteiger partial charge in [0.25, 0.3) is 5.56 Å². The van der Waals surface area contributed by atoms with Crippen LogP contribution >= 0.6 is 0 Å². The number of halogens is 2. The Hall–Kier alpha value is -3.78.